The number of amides is 2. The Morgan fingerprint density at radius 2 is 1.25 bits per heavy atom. The van der Waals surface area contributed by atoms with Crippen LogP contribution in [0.3, 0.4) is 0 Å². The highest BCUT2D eigenvalue weighted by molar-refractivity contribution is 5.91. The maximum absolute atomic E-state index is 13.5. The van der Waals surface area contributed by atoms with Crippen LogP contribution in [0.25, 0.3) is 22.5 Å². The Hall–Kier alpha value is -5.89. The molecule has 1 saturated carbocycles. The van der Waals surface area contributed by atoms with E-state index in [0.29, 0.717) is 31.6 Å². The van der Waals surface area contributed by atoms with Gasteiger partial charge in [-0.15, -0.1) is 5.10 Å². The standard InChI is InChI=1S/C44H44N6O2/c1-2-3-25-40(51)46-43(30-15-16-31-43)42(52)45-32-33-26-28-34(29-27-33)38-23-13-14-24-39(38)41-47-48-49-50(41)44(35-17-7-4-8-18-35,36-19-9-5-10-20-36)37-21-11-6-12-22-37/h4-14,17-24,26-29H,2-3,15-16,25,30-32H2,1H3,(H,45,52)(H,46,51). The summed E-state index contributed by atoms with van der Waals surface area (Å²) in [5.74, 6) is 0.489. The van der Waals surface area contributed by atoms with Gasteiger partial charge in [0.05, 0.1) is 0 Å². The van der Waals surface area contributed by atoms with E-state index >= 15 is 0 Å². The zero-order chi connectivity index (χ0) is 35.8. The number of hydrogen-bond acceptors (Lipinski definition) is 5. The Labute approximate surface area is 305 Å². The second-order valence-electron chi connectivity index (χ2n) is 13.6. The van der Waals surface area contributed by atoms with E-state index in [1.807, 2.05) is 47.1 Å². The number of carbonyl (C=O) groups excluding carboxylic acids is 2. The lowest BCUT2D eigenvalue weighted by molar-refractivity contribution is -0.133. The second kappa shape index (κ2) is 15.6. The SMILES string of the molecule is CCCCC(=O)NC1(C(=O)NCc2ccc(-c3ccccc3-c3nnnn3C(c3ccccc3)(c3ccccc3)c3ccccc3)cc2)CCCC1. The molecule has 6 aromatic rings. The fraction of sp³-hybridized carbons (Fsp3) is 0.250. The zero-order valence-corrected chi connectivity index (χ0v) is 29.5. The van der Waals surface area contributed by atoms with Crippen molar-refractivity contribution in [2.75, 3.05) is 0 Å². The van der Waals surface area contributed by atoms with E-state index < -0.39 is 11.1 Å². The molecule has 1 aromatic heterocycles. The summed E-state index contributed by atoms with van der Waals surface area (Å²) in [6.45, 7) is 2.44. The Morgan fingerprint density at radius 3 is 1.81 bits per heavy atom. The highest BCUT2D eigenvalue weighted by atomic mass is 16.2. The second-order valence-corrected chi connectivity index (χ2v) is 13.6. The van der Waals surface area contributed by atoms with Gasteiger partial charge in [0.2, 0.25) is 11.8 Å². The van der Waals surface area contributed by atoms with E-state index in [4.69, 9.17) is 5.21 Å². The molecule has 1 heterocycles. The average molecular weight is 689 g/mol. The van der Waals surface area contributed by atoms with Gasteiger partial charge in [0.25, 0.3) is 0 Å². The van der Waals surface area contributed by atoms with E-state index in [1.165, 1.54) is 0 Å². The van der Waals surface area contributed by atoms with Gasteiger partial charge in [0, 0.05) is 18.5 Å². The van der Waals surface area contributed by atoms with Crippen molar-refractivity contribution < 1.29 is 9.59 Å². The molecule has 0 saturated heterocycles. The maximum Gasteiger partial charge on any atom is 0.246 e. The first-order valence-electron chi connectivity index (χ1n) is 18.3. The molecule has 262 valence electrons. The lowest BCUT2D eigenvalue weighted by atomic mass is 9.77. The molecule has 0 unspecified atom stereocenters. The molecule has 52 heavy (non-hydrogen) atoms. The molecule has 0 radical (unpaired) electrons. The molecule has 1 fully saturated rings. The van der Waals surface area contributed by atoms with Crippen LogP contribution < -0.4 is 10.6 Å². The van der Waals surface area contributed by atoms with Gasteiger partial charge in [-0.05, 0) is 63.1 Å². The summed E-state index contributed by atoms with van der Waals surface area (Å²) < 4.78 is 1.95. The Balaban J connectivity index is 1.21. The van der Waals surface area contributed by atoms with Crippen molar-refractivity contribution in [1.82, 2.24) is 30.8 Å². The molecule has 0 atom stereocenters. The number of benzene rings is 5. The first-order valence-corrected chi connectivity index (χ1v) is 18.3. The van der Waals surface area contributed by atoms with E-state index in [1.54, 1.807) is 0 Å². The van der Waals surface area contributed by atoms with Crippen molar-refractivity contribution in [1.29, 1.82) is 0 Å². The molecule has 2 amide bonds. The van der Waals surface area contributed by atoms with Gasteiger partial charge in [-0.1, -0.05) is 166 Å². The van der Waals surface area contributed by atoms with Crippen molar-refractivity contribution in [2.24, 2.45) is 0 Å². The number of aromatic nitrogens is 4. The lowest BCUT2D eigenvalue weighted by Gasteiger charge is -2.36. The van der Waals surface area contributed by atoms with Crippen molar-refractivity contribution in [3.8, 4) is 22.5 Å². The molecule has 5 aromatic carbocycles. The van der Waals surface area contributed by atoms with Crippen LogP contribution in [0.5, 0.6) is 0 Å². The Kier molecular flexibility index (Phi) is 10.3. The van der Waals surface area contributed by atoms with Gasteiger partial charge in [-0.2, -0.15) is 0 Å². The first-order chi connectivity index (χ1) is 25.5. The monoisotopic (exact) mass is 688 g/mol. The molecular formula is C44H44N6O2. The first kappa shape index (κ1) is 34.6. The minimum atomic E-state index is -0.871. The third-order valence-corrected chi connectivity index (χ3v) is 10.3. The van der Waals surface area contributed by atoms with Gasteiger partial charge in [-0.3, -0.25) is 9.59 Å². The Bertz CT molecular complexity index is 1990. The molecule has 0 spiro atoms. The summed E-state index contributed by atoms with van der Waals surface area (Å²) >= 11 is 0. The molecule has 1 aliphatic carbocycles. The minimum absolute atomic E-state index is 0.0403. The minimum Gasteiger partial charge on any atom is -0.350 e. The van der Waals surface area contributed by atoms with Gasteiger partial charge >= 0.3 is 0 Å². The molecule has 1 aliphatic rings. The van der Waals surface area contributed by atoms with E-state index in [2.05, 4.69) is 125 Å². The molecule has 8 heteroatoms. The maximum atomic E-state index is 13.5. The third kappa shape index (κ3) is 6.76. The average Bonchev–Trinajstić information content (AvgIpc) is 3.89. The van der Waals surface area contributed by atoms with Gasteiger partial charge in [0.15, 0.2) is 5.82 Å². The molecule has 0 aliphatic heterocycles. The summed E-state index contributed by atoms with van der Waals surface area (Å²) in [5.41, 5.74) is 5.26. The van der Waals surface area contributed by atoms with E-state index in [9.17, 15) is 9.59 Å². The van der Waals surface area contributed by atoms with Gasteiger partial charge in [0.1, 0.15) is 11.1 Å². The molecule has 0 bridgehead atoms. The van der Waals surface area contributed by atoms with Crippen LogP contribution in [0.4, 0.5) is 0 Å². The lowest BCUT2D eigenvalue weighted by Crippen LogP contribution is -2.57. The summed E-state index contributed by atoms with van der Waals surface area (Å²) in [6.07, 6.45) is 5.43. The van der Waals surface area contributed by atoms with Crippen LogP contribution in [0.15, 0.2) is 140 Å². The number of tetrazole rings is 1. The quantitative estimate of drug-likeness (QED) is 0.120. The summed E-state index contributed by atoms with van der Waals surface area (Å²) in [6, 6.07) is 47.6. The van der Waals surface area contributed by atoms with Crippen LogP contribution in [-0.2, 0) is 21.7 Å². The highest BCUT2D eigenvalue weighted by Gasteiger charge is 2.43. The summed E-state index contributed by atoms with van der Waals surface area (Å²) in [7, 11) is 0. The van der Waals surface area contributed by atoms with Gasteiger partial charge < -0.3 is 10.6 Å². The fourth-order valence-electron chi connectivity index (χ4n) is 7.62. The van der Waals surface area contributed by atoms with Crippen LogP contribution in [0, 0.1) is 0 Å². The predicted molar refractivity (Wildman–Crippen MR) is 204 cm³/mol. The predicted octanol–water partition coefficient (Wildman–Crippen LogP) is 8.08. The summed E-state index contributed by atoms with van der Waals surface area (Å²) in [4.78, 5) is 26.1. The number of unbranched alkanes of at least 4 members (excludes halogenated alkanes) is 1. The van der Waals surface area contributed by atoms with E-state index in [-0.39, 0.29) is 11.8 Å². The zero-order valence-electron chi connectivity index (χ0n) is 29.5. The number of hydrogen-bond donors (Lipinski definition) is 2. The molecule has 2 N–H and O–H groups in total. The number of rotatable bonds is 13. The van der Waals surface area contributed by atoms with Crippen LogP contribution in [-0.4, -0.2) is 37.6 Å². The molecular weight excluding hydrogens is 645 g/mol. The number of nitrogens with one attached hydrogen (secondary N) is 2. The van der Waals surface area contributed by atoms with Gasteiger partial charge in [-0.25, -0.2) is 4.68 Å². The highest BCUT2D eigenvalue weighted by Crippen LogP contribution is 2.43. The molecule has 7 rings (SSSR count). The van der Waals surface area contributed by atoms with Crippen LogP contribution in [0.2, 0.25) is 0 Å². The van der Waals surface area contributed by atoms with Crippen molar-refractivity contribution >= 4 is 11.8 Å². The largest absolute Gasteiger partial charge is 0.350 e. The molecule has 8 nitrogen and oxygen atoms in total. The smallest absolute Gasteiger partial charge is 0.246 e. The van der Waals surface area contributed by atoms with E-state index in [0.717, 1.165) is 64.6 Å². The topological polar surface area (TPSA) is 102 Å². The van der Waals surface area contributed by atoms with Crippen molar-refractivity contribution in [2.45, 2.75) is 69.5 Å². The van der Waals surface area contributed by atoms with Crippen molar-refractivity contribution in [3.05, 3.63) is 162 Å². The fourth-order valence-corrected chi connectivity index (χ4v) is 7.62. The van der Waals surface area contributed by atoms with Crippen LogP contribution >= 0.6 is 0 Å². The normalized spacial score (nSPS) is 13.8. The summed E-state index contributed by atoms with van der Waals surface area (Å²) in [5, 5.41) is 19.9. The number of carbonyl (C=O) groups is 2. The number of nitrogens with zero attached hydrogens (tertiary/aromatic N) is 4. The van der Waals surface area contributed by atoms with Crippen molar-refractivity contribution in [3.63, 3.8) is 0 Å². The Morgan fingerprint density at radius 1 is 0.712 bits per heavy atom. The third-order valence-electron chi connectivity index (χ3n) is 10.3. The van der Waals surface area contributed by atoms with Crippen LogP contribution in [0.1, 0.15) is 74.1 Å².